The maximum atomic E-state index is 10.5. The summed E-state index contributed by atoms with van der Waals surface area (Å²) in [5.41, 5.74) is 0.756. The average Bonchev–Trinajstić information content (AvgIpc) is 2.02. The number of hydrogen-bond acceptors (Lipinski definition) is 2. The van der Waals surface area contributed by atoms with Gasteiger partial charge >= 0.3 is 0 Å². The first kappa shape index (κ1) is 8.96. The van der Waals surface area contributed by atoms with E-state index >= 15 is 0 Å². The van der Waals surface area contributed by atoms with Gasteiger partial charge in [0.2, 0.25) is 10.0 Å². The molecule has 0 heterocycles. The standard InChI is InChI=1S/C8H8NO2S/c9-12(10,11)7-6-8-4-2-1-3-5-8/h1-2,4-7H,(H2,9,10,11). The molecule has 0 spiro atoms. The van der Waals surface area contributed by atoms with Crippen molar-refractivity contribution in [3.05, 3.63) is 41.3 Å². The van der Waals surface area contributed by atoms with Gasteiger partial charge in [0, 0.05) is 5.41 Å². The summed E-state index contributed by atoms with van der Waals surface area (Å²) in [6, 6.07) is 9.74. The second-order valence-corrected chi connectivity index (χ2v) is 3.68. The number of primary sulfonamides is 1. The van der Waals surface area contributed by atoms with Crippen LogP contribution in [0.5, 0.6) is 0 Å². The van der Waals surface area contributed by atoms with Crippen LogP contribution in [0.4, 0.5) is 0 Å². The molecule has 63 valence electrons. The van der Waals surface area contributed by atoms with Crippen LogP contribution >= 0.6 is 0 Å². The summed E-state index contributed by atoms with van der Waals surface area (Å²) < 4.78 is 21.0. The Labute approximate surface area is 71.6 Å². The van der Waals surface area contributed by atoms with E-state index in [0.717, 1.165) is 11.0 Å². The quantitative estimate of drug-likeness (QED) is 0.733. The molecule has 12 heavy (non-hydrogen) atoms. The molecule has 0 saturated carbocycles. The molecule has 4 heteroatoms. The van der Waals surface area contributed by atoms with Gasteiger partial charge in [-0.15, -0.1) is 0 Å². The lowest BCUT2D eigenvalue weighted by Gasteiger charge is -1.89. The van der Waals surface area contributed by atoms with Crippen molar-refractivity contribution in [3.63, 3.8) is 0 Å². The molecule has 0 aliphatic carbocycles. The fraction of sp³-hybridized carbons (Fsp3) is 0. The van der Waals surface area contributed by atoms with E-state index < -0.39 is 10.0 Å². The van der Waals surface area contributed by atoms with Crippen molar-refractivity contribution in [1.82, 2.24) is 0 Å². The molecule has 1 aromatic carbocycles. The fourth-order valence-electron chi connectivity index (χ4n) is 0.684. The topological polar surface area (TPSA) is 60.2 Å². The van der Waals surface area contributed by atoms with Crippen molar-refractivity contribution in [3.8, 4) is 0 Å². The molecule has 0 bridgehead atoms. The zero-order valence-electron chi connectivity index (χ0n) is 6.27. The highest BCUT2D eigenvalue weighted by Crippen LogP contribution is 2.00. The maximum absolute atomic E-state index is 10.5. The number of sulfonamides is 1. The van der Waals surface area contributed by atoms with E-state index in [2.05, 4.69) is 6.07 Å². The minimum Gasteiger partial charge on any atom is -0.225 e. The third-order valence-electron chi connectivity index (χ3n) is 1.18. The van der Waals surface area contributed by atoms with Crippen molar-refractivity contribution in [2.75, 3.05) is 0 Å². The molecule has 0 fully saturated rings. The zero-order valence-corrected chi connectivity index (χ0v) is 7.08. The third kappa shape index (κ3) is 3.32. The smallest absolute Gasteiger partial charge is 0.225 e. The van der Waals surface area contributed by atoms with Gasteiger partial charge in [-0.2, -0.15) is 0 Å². The summed E-state index contributed by atoms with van der Waals surface area (Å²) >= 11 is 0. The summed E-state index contributed by atoms with van der Waals surface area (Å²) in [5, 5.41) is 5.71. The van der Waals surface area contributed by atoms with E-state index in [0.29, 0.717) is 0 Å². The number of nitrogens with two attached hydrogens (primary N) is 1. The monoisotopic (exact) mass is 182 g/mol. The fourth-order valence-corrected chi connectivity index (χ4v) is 1.03. The molecular weight excluding hydrogens is 174 g/mol. The Hall–Kier alpha value is -1.13. The number of rotatable bonds is 2. The predicted octanol–water partition coefficient (Wildman–Crippen LogP) is 0.746. The zero-order chi connectivity index (χ0) is 9.03. The predicted molar refractivity (Wildman–Crippen MR) is 47.4 cm³/mol. The van der Waals surface area contributed by atoms with Gasteiger partial charge in [0.25, 0.3) is 0 Å². The van der Waals surface area contributed by atoms with E-state index in [4.69, 9.17) is 5.14 Å². The van der Waals surface area contributed by atoms with Crippen LogP contribution in [0.1, 0.15) is 5.56 Å². The molecule has 0 amide bonds. The van der Waals surface area contributed by atoms with Crippen LogP contribution < -0.4 is 5.14 Å². The van der Waals surface area contributed by atoms with Gasteiger partial charge in [-0.05, 0) is 23.8 Å². The lowest BCUT2D eigenvalue weighted by atomic mass is 10.2. The lowest BCUT2D eigenvalue weighted by Crippen LogP contribution is -2.06. The molecule has 0 aliphatic heterocycles. The average molecular weight is 182 g/mol. The van der Waals surface area contributed by atoms with Crippen LogP contribution in [0.2, 0.25) is 0 Å². The first-order chi connectivity index (χ1) is 5.58. The summed E-state index contributed by atoms with van der Waals surface area (Å²) in [6.07, 6.45) is 1.42. The van der Waals surface area contributed by atoms with Gasteiger partial charge in [0.15, 0.2) is 0 Å². The Bertz CT molecular complexity index is 367. The van der Waals surface area contributed by atoms with Crippen molar-refractivity contribution in [1.29, 1.82) is 0 Å². The summed E-state index contributed by atoms with van der Waals surface area (Å²) in [5.74, 6) is 0. The van der Waals surface area contributed by atoms with Crippen LogP contribution in [0, 0.1) is 6.07 Å². The lowest BCUT2D eigenvalue weighted by molar-refractivity contribution is 0.606. The second kappa shape index (κ2) is 3.51. The highest BCUT2D eigenvalue weighted by Gasteiger charge is 1.92. The van der Waals surface area contributed by atoms with E-state index in [1.807, 2.05) is 0 Å². The van der Waals surface area contributed by atoms with Gasteiger partial charge < -0.3 is 0 Å². The molecule has 2 N–H and O–H groups in total. The summed E-state index contributed by atoms with van der Waals surface area (Å²) in [4.78, 5) is 0. The first-order valence-corrected chi connectivity index (χ1v) is 4.86. The molecule has 3 nitrogen and oxygen atoms in total. The summed E-state index contributed by atoms with van der Waals surface area (Å²) in [7, 11) is -3.52. The van der Waals surface area contributed by atoms with Crippen LogP contribution in [0.15, 0.2) is 29.7 Å². The Morgan fingerprint density at radius 3 is 2.75 bits per heavy atom. The summed E-state index contributed by atoms with van der Waals surface area (Å²) in [6.45, 7) is 0. The van der Waals surface area contributed by atoms with Crippen molar-refractivity contribution in [2.45, 2.75) is 0 Å². The van der Waals surface area contributed by atoms with E-state index in [1.165, 1.54) is 6.08 Å². The minimum atomic E-state index is -3.52. The van der Waals surface area contributed by atoms with Crippen LogP contribution in [0.25, 0.3) is 6.08 Å². The molecule has 0 atom stereocenters. The van der Waals surface area contributed by atoms with Gasteiger partial charge in [-0.25, -0.2) is 13.6 Å². The molecule has 0 aromatic heterocycles. The van der Waals surface area contributed by atoms with Gasteiger partial charge in [0.1, 0.15) is 0 Å². The Morgan fingerprint density at radius 2 is 2.25 bits per heavy atom. The normalized spacial score (nSPS) is 12.1. The first-order valence-electron chi connectivity index (χ1n) is 3.25. The molecule has 0 aliphatic rings. The van der Waals surface area contributed by atoms with E-state index in [-0.39, 0.29) is 0 Å². The third-order valence-corrected chi connectivity index (χ3v) is 1.70. The highest BCUT2D eigenvalue weighted by molar-refractivity contribution is 7.92. The molecular formula is C8H8NO2S. The molecule has 1 rings (SSSR count). The van der Waals surface area contributed by atoms with Crippen LogP contribution in [-0.4, -0.2) is 8.42 Å². The SMILES string of the molecule is NS(=O)(=O)C=Cc1c[c]ccc1. The molecule has 1 aromatic rings. The Morgan fingerprint density at radius 1 is 1.50 bits per heavy atom. The van der Waals surface area contributed by atoms with Crippen LogP contribution in [-0.2, 0) is 10.0 Å². The van der Waals surface area contributed by atoms with Gasteiger partial charge in [-0.3, -0.25) is 0 Å². The van der Waals surface area contributed by atoms with Crippen molar-refractivity contribution < 1.29 is 8.42 Å². The van der Waals surface area contributed by atoms with E-state index in [9.17, 15) is 8.42 Å². The van der Waals surface area contributed by atoms with Gasteiger partial charge in [-0.1, -0.05) is 18.2 Å². The maximum Gasteiger partial charge on any atom is 0.231 e. The van der Waals surface area contributed by atoms with E-state index in [1.54, 1.807) is 24.3 Å². The molecule has 0 unspecified atom stereocenters. The molecule has 0 saturated heterocycles. The Balaban J connectivity index is 2.85. The van der Waals surface area contributed by atoms with Gasteiger partial charge in [0.05, 0.1) is 0 Å². The van der Waals surface area contributed by atoms with Crippen molar-refractivity contribution in [2.24, 2.45) is 5.14 Å². The Kier molecular flexibility index (Phi) is 2.62. The van der Waals surface area contributed by atoms with Crippen molar-refractivity contribution >= 4 is 16.1 Å². The second-order valence-electron chi connectivity index (χ2n) is 2.23. The minimum absolute atomic E-state index is 0.756. The number of benzene rings is 1. The number of hydrogen-bond donors (Lipinski definition) is 1. The largest absolute Gasteiger partial charge is 0.231 e. The highest BCUT2D eigenvalue weighted by atomic mass is 32.2. The van der Waals surface area contributed by atoms with Crippen LogP contribution in [0.3, 0.4) is 0 Å². The molecule has 1 radical (unpaired) electrons.